The predicted molar refractivity (Wildman–Crippen MR) is 91.8 cm³/mol. The molecule has 0 saturated heterocycles. The highest BCUT2D eigenvalue weighted by atomic mass is 79.9. The van der Waals surface area contributed by atoms with Crippen LogP contribution in [0.5, 0.6) is 0 Å². The van der Waals surface area contributed by atoms with Crippen LogP contribution in [-0.2, 0) is 4.79 Å². The molecule has 0 N–H and O–H groups in total. The quantitative estimate of drug-likeness (QED) is 0.811. The monoisotopic (exact) mass is 367 g/mol. The number of hydrogen-bond donors (Lipinski definition) is 0. The molecule has 0 spiro atoms. The van der Waals surface area contributed by atoms with Gasteiger partial charge in [-0.1, -0.05) is 28.1 Å². The van der Waals surface area contributed by atoms with Crippen LogP contribution in [0.3, 0.4) is 0 Å². The molecule has 1 amide bonds. The summed E-state index contributed by atoms with van der Waals surface area (Å²) in [6.45, 7) is 2.98. The van der Waals surface area contributed by atoms with Crippen molar-refractivity contribution in [1.82, 2.24) is 9.88 Å². The van der Waals surface area contributed by atoms with Crippen LogP contribution in [-0.4, -0.2) is 43.0 Å². The highest BCUT2D eigenvalue weighted by Gasteiger charge is 2.18. The average molecular weight is 368 g/mol. The average Bonchev–Trinajstić information content (AvgIpc) is 2.89. The van der Waals surface area contributed by atoms with E-state index in [0.29, 0.717) is 13.1 Å². The maximum absolute atomic E-state index is 12.2. The lowest BCUT2D eigenvalue weighted by molar-refractivity contribution is -0.119. The van der Waals surface area contributed by atoms with Crippen molar-refractivity contribution in [3.05, 3.63) is 34.1 Å². The number of thiazole rings is 1. The summed E-state index contributed by atoms with van der Waals surface area (Å²) in [5.41, 5.74) is 1.95. The number of carbonyl (C=O) groups is 1. The lowest BCUT2D eigenvalue weighted by atomic mass is 10.2. The molecule has 0 aliphatic carbocycles. The second-order valence-electron chi connectivity index (χ2n) is 4.90. The van der Waals surface area contributed by atoms with Gasteiger partial charge in [0, 0.05) is 22.0 Å². The number of nitrogens with zero attached hydrogens (tertiary/aromatic N) is 3. The second kappa shape index (κ2) is 7.15. The molecule has 1 aromatic carbocycles. The minimum Gasteiger partial charge on any atom is -0.301 e. The third-order valence-corrected chi connectivity index (χ3v) is 4.32. The third kappa shape index (κ3) is 4.12. The third-order valence-electron chi connectivity index (χ3n) is 2.93. The lowest BCUT2D eigenvalue weighted by Gasteiger charge is -2.19. The smallest absolute Gasteiger partial charge is 0.242 e. The standard InChI is InChI=1S/C15H18BrN3OS/c1-4-19(14(20)9-18(2)3)15-17-13(10-21-15)11-5-7-12(16)8-6-11/h5-8,10H,4,9H2,1-3H3. The number of halogens is 1. The van der Waals surface area contributed by atoms with Gasteiger partial charge in [-0.2, -0.15) is 0 Å². The predicted octanol–water partition coefficient (Wildman–Crippen LogP) is 3.49. The maximum Gasteiger partial charge on any atom is 0.242 e. The van der Waals surface area contributed by atoms with Crippen LogP contribution in [0.25, 0.3) is 11.3 Å². The van der Waals surface area contributed by atoms with Crippen LogP contribution in [0, 0.1) is 0 Å². The summed E-state index contributed by atoms with van der Waals surface area (Å²) in [5, 5.41) is 2.74. The Kier molecular flexibility index (Phi) is 5.50. The van der Waals surface area contributed by atoms with Gasteiger partial charge in [-0.3, -0.25) is 9.69 Å². The van der Waals surface area contributed by atoms with Crippen molar-refractivity contribution in [2.45, 2.75) is 6.92 Å². The molecule has 4 nitrogen and oxygen atoms in total. The van der Waals surface area contributed by atoms with Gasteiger partial charge in [0.2, 0.25) is 5.91 Å². The normalized spacial score (nSPS) is 10.9. The zero-order chi connectivity index (χ0) is 15.4. The van der Waals surface area contributed by atoms with Crippen molar-refractivity contribution in [2.75, 3.05) is 32.1 Å². The van der Waals surface area contributed by atoms with Gasteiger partial charge in [-0.25, -0.2) is 4.98 Å². The van der Waals surface area contributed by atoms with Crippen molar-refractivity contribution in [3.63, 3.8) is 0 Å². The van der Waals surface area contributed by atoms with E-state index in [2.05, 4.69) is 20.9 Å². The molecule has 1 aromatic heterocycles. The molecule has 2 rings (SSSR count). The topological polar surface area (TPSA) is 36.4 Å². The van der Waals surface area contributed by atoms with Crippen molar-refractivity contribution >= 4 is 38.3 Å². The van der Waals surface area contributed by atoms with Gasteiger partial charge in [0.15, 0.2) is 5.13 Å². The molecule has 0 aliphatic rings. The molecule has 2 aromatic rings. The van der Waals surface area contributed by atoms with Gasteiger partial charge in [-0.05, 0) is 33.2 Å². The van der Waals surface area contributed by atoms with Crippen molar-refractivity contribution < 1.29 is 4.79 Å². The molecule has 0 fully saturated rings. The van der Waals surface area contributed by atoms with Gasteiger partial charge in [0.25, 0.3) is 0 Å². The summed E-state index contributed by atoms with van der Waals surface area (Å²) in [6, 6.07) is 8.01. The molecule has 21 heavy (non-hydrogen) atoms. The number of likely N-dealkylation sites (N-methyl/N-ethyl adjacent to an activating group) is 2. The SMILES string of the molecule is CCN(C(=O)CN(C)C)c1nc(-c2ccc(Br)cc2)cs1. The Labute approximate surface area is 137 Å². The molecule has 0 aliphatic heterocycles. The molecule has 0 atom stereocenters. The number of rotatable bonds is 5. The van der Waals surface area contributed by atoms with E-state index >= 15 is 0 Å². The lowest BCUT2D eigenvalue weighted by Crippen LogP contribution is -2.37. The Bertz CT molecular complexity index is 610. The van der Waals surface area contributed by atoms with E-state index < -0.39 is 0 Å². The van der Waals surface area contributed by atoms with Crippen LogP contribution in [0.15, 0.2) is 34.1 Å². The summed E-state index contributed by atoms with van der Waals surface area (Å²) in [5.74, 6) is 0.0687. The maximum atomic E-state index is 12.2. The van der Waals surface area contributed by atoms with E-state index in [1.807, 2.05) is 55.6 Å². The van der Waals surface area contributed by atoms with Crippen LogP contribution >= 0.6 is 27.3 Å². The summed E-state index contributed by atoms with van der Waals surface area (Å²) in [4.78, 5) is 20.4. The van der Waals surface area contributed by atoms with E-state index in [4.69, 9.17) is 0 Å². The summed E-state index contributed by atoms with van der Waals surface area (Å²) >= 11 is 4.92. The Morgan fingerprint density at radius 2 is 1.95 bits per heavy atom. The highest BCUT2D eigenvalue weighted by molar-refractivity contribution is 9.10. The minimum absolute atomic E-state index is 0.0687. The van der Waals surface area contributed by atoms with Crippen molar-refractivity contribution in [1.29, 1.82) is 0 Å². The molecular formula is C15H18BrN3OS. The van der Waals surface area contributed by atoms with Gasteiger partial charge < -0.3 is 4.90 Å². The van der Waals surface area contributed by atoms with Gasteiger partial charge >= 0.3 is 0 Å². The first kappa shape index (κ1) is 16.1. The largest absolute Gasteiger partial charge is 0.301 e. The van der Waals surface area contributed by atoms with Gasteiger partial charge in [0.05, 0.1) is 12.2 Å². The van der Waals surface area contributed by atoms with Crippen LogP contribution in [0.4, 0.5) is 5.13 Å². The molecule has 0 bridgehead atoms. The molecule has 6 heteroatoms. The number of anilines is 1. The Morgan fingerprint density at radius 1 is 1.29 bits per heavy atom. The zero-order valence-electron chi connectivity index (χ0n) is 12.3. The Hall–Kier alpha value is -1.24. The number of aromatic nitrogens is 1. The van der Waals surface area contributed by atoms with Crippen LogP contribution < -0.4 is 4.90 Å². The first-order valence-corrected chi connectivity index (χ1v) is 8.35. The highest BCUT2D eigenvalue weighted by Crippen LogP contribution is 2.28. The summed E-state index contributed by atoms with van der Waals surface area (Å²) in [7, 11) is 3.78. The van der Waals surface area contributed by atoms with E-state index in [1.54, 1.807) is 4.90 Å². The van der Waals surface area contributed by atoms with Crippen LogP contribution in [0.1, 0.15) is 6.92 Å². The Morgan fingerprint density at radius 3 is 2.52 bits per heavy atom. The molecule has 0 unspecified atom stereocenters. The fraction of sp³-hybridized carbons (Fsp3) is 0.333. The second-order valence-corrected chi connectivity index (χ2v) is 6.65. The van der Waals surface area contributed by atoms with E-state index in [-0.39, 0.29) is 5.91 Å². The van der Waals surface area contributed by atoms with Crippen molar-refractivity contribution in [3.8, 4) is 11.3 Å². The van der Waals surface area contributed by atoms with Gasteiger partial charge in [0.1, 0.15) is 0 Å². The summed E-state index contributed by atoms with van der Waals surface area (Å²) in [6.07, 6.45) is 0. The number of benzene rings is 1. The fourth-order valence-electron chi connectivity index (χ4n) is 1.92. The first-order chi connectivity index (χ1) is 10.0. The van der Waals surface area contributed by atoms with E-state index in [0.717, 1.165) is 20.9 Å². The molecule has 0 saturated carbocycles. The summed E-state index contributed by atoms with van der Waals surface area (Å²) < 4.78 is 1.04. The van der Waals surface area contributed by atoms with Crippen molar-refractivity contribution in [2.24, 2.45) is 0 Å². The first-order valence-electron chi connectivity index (χ1n) is 6.67. The number of hydrogen-bond acceptors (Lipinski definition) is 4. The number of amides is 1. The minimum atomic E-state index is 0.0687. The molecule has 112 valence electrons. The van der Waals surface area contributed by atoms with E-state index in [1.165, 1.54) is 11.3 Å². The van der Waals surface area contributed by atoms with Crippen LogP contribution in [0.2, 0.25) is 0 Å². The zero-order valence-corrected chi connectivity index (χ0v) is 14.7. The van der Waals surface area contributed by atoms with E-state index in [9.17, 15) is 4.79 Å². The molecule has 0 radical (unpaired) electrons. The Balaban J connectivity index is 2.21. The van der Waals surface area contributed by atoms with Gasteiger partial charge in [-0.15, -0.1) is 11.3 Å². The fourth-order valence-corrected chi connectivity index (χ4v) is 3.10. The molecule has 1 heterocycles. The number of carbonyl (C=O) groups excluding carboxylic acids is 1. The molecular weight excluding hydrogens is 350 g/mol.